The molecule has 1 aromatic heterocycles. The highest BCUT2D eigenvalue weighted by Gasteiger charge is 2.29. The van der Waals surface area contributed by atoms with Crippen molar-refractivity contribution in [3.63, 3.8) is 0 Å². The van der Waals surface area contributed by atoms with Crippen LogP contribution in [0.15, 0.2) is 48.5 Å². The van der Waals surface area contributed by atoms with Crippen molar-refractivity contribution < 1.29 is 24.2 Å². The maximum Gasteiger partial charge on any atom is 0.414 e. The number of carboxylic acids is 1. The molecular formula is C25H27N5O5. The Labute approximate surface area is 202 Å². The fourth-order valence-corrected chi connectivity index (χ4v) is 4.29. The summed E-state index contributed by atoms with van der Waals surface area (Å²) in [7, 11) is 0. The van der Waals surface area contributed by atoms with E-state index < -0.39 is 24.0 Å². The van der Waals surface area contributed by atoms with Crippen LogP contribution in [-0.2, 0) is 9.53 Å². The number of unbranched alkanes of at least 4 members (excludes halogenated alkanes) is 1. The quantitative estimate of drug-likeness (QED) is 0.346. The van der Waals surface area contributed by atoms with Crippen molar-refractivity contribution in [2.24, 2.45) is 0 Å². The minimum Gasteiger partial charge on any atom is -0.481 e. The van der Waals surface area contributed by atoms with Crippen molar-refractivity contribution >= 4 is 23.9 Å². The lowest BCUT2D eigenvalue weighted by Crippen LogP contribution is -2.37. The third kappa shape index (κ3) is 5.65. The zero-order chi connectivity index (χ0) is 24.8. The van der Waals surface area contributed by atoms with Crippen LogP contribution in [0.4, 0.5) is 10.7 Å². The zero-order valence-corrected chi connectivity index (χ0v) is 19.3. The number of fused-ring (bicyclic) bond motifs is 3. The number of aliphatic carboxylic acids is 1. The molecule has 1 aliphatic rings. The van der Waals surface area contributed by atoms with E-state index in [1.807, 2.05) is 43.3 Å². The van der Waals surface area contributed by atoms with Crippen LogP contribution in [0.5, 0.6) is 0 Å². The molecule has 1 atom stereocenters. The van der Waals surface area contributed by atoms with Crippen molar-refractivity contribution in [2.75, 3.05) is 11.9 Å². The van der Waals surface area contributed by atoms with E-state index in [0.717, 1.165) is 35.1 Å². The number of nitrogens with zero attached hydrogens (tertiary/aromatic N) is 2. The maximum atomic E-state index is 12.5. The molecule has 0 unspecified atom stereocenters. The Morgan fingerprint density at radius 1 is 1.09 bits per heavy atom. The first-order valence-electron chi connectivity index (χ1n) is 11.5. The molecule has 2 aromatic carbocycles. The lowest BCUT2D eigenvalue weighted by atomic mass is 9.98. The lowest BCUT2D eigenvalue weighted by Gasteiger charge is -2.15. The smallest absolute Gasteiger partial charge is 0.414 e. The number of carbonyl (C=O) groups excluding carboxylic acids is 2. The van der Waals surface area contributed by atoms with Crippen LogP contribution in [0.3, 0.4) is 0 Å². The summed E-state index contributed by atoms with van der Waals surface area (Å²) in [5, 5.41) is 20.4. The van der Waals surface area contributed by atoms with Gasteiger partial charge in [0.25, 0.3) is 11.9 Å². The Morgan fingerprint density at radius 2 is 1.74 bits per heavy atom. The molecule has 0 saturated carbocycles. The first-order valence-corrected chi connectivity index (χ1v) is 11.5. The average molecular weight is 478 g/mol. The van der Waals surface area contributed by atoms with Crippen molar-refractivity contribution in [3.8, 4) is 11.1 Å². The molecule has 0 fully saturated rings. The van der Waals surface area contributed by atoms with Gasteiger partial charge in [-0.05, 0) is 28.7 Å². The lowest BCUT2D eigenvalue weighted by molar-refractivity contribution is -0.137. The number of hydrogen-bond acceptors (Lipinski definition) is 6. The monoisotopic (exact) mass is 477 g/mol. The van der Waals surface area contributed by atoms with E-state index in [4.69, 9.17) is 9.84 Å². The molecule has 1 aliphatic carbocycles. The summed E-state index contributed by atoms with van der Waals surface area (Å²) in [5.41, 5.74) is 4.44. The second-order valence-electron chi connectivity index (χ2n) is 8.37. The fraction of sp³-hybridized carbons (Fsp3) is 0.320. The van der Waals surface area contributed by atoms with Gasteiger partial charge in [-0.25, -0.2) is 4.79 Å². The Hall–Kier alpha value is -4.21. The van der Waals surface area contributed by atoms with Gasteiger partial charge >= 0.3 is 12.1 Å². The normalized spacial score (nSPS) is 12.9. The van der Waals surface area contributed by atoms with Crippen molar-refractivity contribution in [1.82, 2.24) is 20.5 Å². The third-order valence-corrected chi connectivity index (χ3v) is 5.92. The first-order chi connectivity index (χ1) is 17.0. The highest BCUT2D eigenvalue weighted by Crippen LogP contribution is 2.44. The molecule has 35 heavy (non-hydrogen) atoms. The van der Waals surface area contributed by atoms with Crippen LogP contribution in [0.1, 0.15) is 60.3 Å². The predicted octanol–water partition coefficient (Wildman–Crippen LogP) is 3.93. The molecule has 10 nitrogen and oxygen atoms in total. The van der Waals surface area contributed by atoms with E-state index in [-0.39, 0.29) is 30.7 Å². The van der Waals surface area contributed by atoms with Crippen molar-refractivity contribution in [1.29, 1.82) is 0 Å². The van der Waals surface area contributed by atoms with Gasteiger partial charge in [0, 0.05) is 12.0 Å². The summed E-state index contributed by atoms with van der Waals surface area (Å²) in [6.07, 6.45) is 1.26. The fourth-order valence-electron chi connectivity index (χ4n) is 4.29. The number of hydrogen-bond donors (Lipinski definition) is 4. The summed E-state index contributed by atoms with van der Waals surface area (Å²) in [5.74, 6) is -1.93. The number of ether oxygens (including phenoxy) is 1. The van der Waals surface area contributed by atoms with Crippen LogP contribution in [-0.4, -0.2) is 50.9 Å². The van der Waals surface area contributed by atoms with Gasteiger partial charge in [-0.15, -0.1) is 5.10 Å². The molecule has 0 bridgehead atoms. The van der Waals surface area contributed by atoms with E-state index in [9.17, 15) is 14.4 Å². The number of amides is 2. The minimum atomic E-state index is -0.999. The number of rotatable bonds is 10. The number of aromatic nitrogens is 3. The van der Waals surface area contributed by atoms with Gasteiger partial charge in [-0.1, -0.05) is 68.3 Å². The Morgan fingerprint density at radius 3 is 2.37 bits per heavy atom. The molecule has 3 aromatic rings. The number of H-pyrrole nitrogens is 1. The standard InChI is InChI=1S/C25H27N5O5/c1-2-3-8-15(13-21(31)32)26-23(33)22-27-24(30-29-22)28-25(34)35-14-20-18-11-6-4-9-16(18)17-10-5-7-12-19(17)20/h4-7,9-12,15,20H,2-3,8,13-14H2,1H3,(H,26,33)(H,31,32)(H2,27,28,29,30,34)/t15-/m1/s1. The van der Waals surface area contributed by atoms with Crippen LogP contribution in [0, 0.1) is 0 Å². The molecular weight excluding hydrogens is 450 g/mol. The Bertz CT molecular complexity index is 1180. The van der Waals surface area contributed by atoms with E-state index in [2.05, 4.69) is 37.9 Å². The molecule has 4 N–H and O–H groups in total. The molecule has 10 heteroatoms. The van der Waals surface area contributed by atoms with Crippen LogP contribution >= 0.6 is 0 Å². The van der Waals surface area contributed by atoms with Gasteiger partial charge in [-0.2, -0.15) is 4.98 Å². The number of carboxylic acid groups (broad SMARTS) is 1. The summed E-state index contributed by atoms with van der Waals surface area (Å²) in [6.45, 7) is 2.11. The number of carbonyl (C=O) groups is 3. The highest BCUT2D eigenvalue weighted by atomic mass is 16.5. The van der Waals surface area contributed by atoms with Crippen LogP contribution in [0.2, 0.25) is 0 Å². The van der Waals surface area contributed by atoms with E-state index >= 15 is 0 Å². The Kier molecular flexibility index (Phi) is 7.39. The van der Waals surface area contributed by atoms with Gasteiger partial charge in [0.05, 0.1) is 6.42 Å². The average Bonchev–Trinajstić information content (AvgIpc) is 3.43. The molecule has 0 aliphatic heterocycles. The topological polar surface area (TPSA) is 146 Å². The first kappa shape index (κ1) is 23.9. The summed E-state index contributed by atoms with van der Waals surface area (Å²) in [4.78, 5) is 39.9. The minimum absolute atomic E-state index is 0.0871. The summed E-state index contributed by atoms with van der Waals surface area (Å²) >= 11 is 0. The molecule has 0 radical (unpaired) electrons. The third-order valence-electron chi connectivity index (χ3n) is 5.92. The molecule has 182 valence electrons. The number of anilines is 1. The number of nitrogens with one attached hydrogen (secondary N) is 3. The van der Waals surface area contributed by atoms with Gasteiger partial charge in [0.1, 0.15) is 6.61 Å². The summed E-state index contributed by atoms with van der Waals surface area (Å²) in [6, 6.07) is 15.5. The Balaban J connectivity index is 1.34. The van der Waals surface area contributed by atoms with E-state index in [1.165, 1.54) is 0 Å². The van der Waals surface area contributed by atoms with Gasteiger partial charge in [-0.3, -0.25) is 20.0 Å². The second kappa shape index (κ2) is 10.8. The van der Waals surface area contributed by atoms with Gasteiger partial charge in [0.15, 0.2) is 0 Å². The van der Waals surface area contributed by atoms with Crippen molar-refractivity contribution in [3.05, 3.63) is 65.5 Å². The van der Waals surface area contributed by atoms with Gasteiger partial charge in [0.2, 0.25) is 5.82 Å². The molecule has 4 rings (SSSR count). The summed E-state index contributed by atoms with van der Waals surface area (Å²) < 4.78 is 5.46. The molecule has 0 saturated heterocycles. The zero-order valence-electron chi connectivity index (χ0n) is 19.3. The molecule has 2 amide bonds. The highest BCUT2D eigenvalue weighted by molar-refractivity contribution is 5.92. The largest absolute Gasteiger partial charge is 0.481 e. The van der Waals surface area contributed by atoms with Crippen LogP contribution in [0.25, 0.3) is 11.1 Å². The second-order valence-corrected chi connectivity index (χ2v) is 8.37. The van der Waals surface area contributed by atoms with Gasteiger partial charge < -0.3 is 15.2 Å². The number of aromatic amines is 1. The predicted molar refractivity (Wildman–Crippen MR) is 128 cm³/mol. The van der Waals surface area contributed by atoms with Crippen LogP contribution < -0.4 is 10.6 Å². The van der Waals surface area contributed by atoms with E-state index in [1.54, 1.807) is 0 Å². The molecule has 1 heterocycles. The maximum absolute atomic E-state index is 12.5. The number of benzene rings is 2. The molecule has 0 spiro atoms. The SMILES string of the molecule is CCCC[C@H](CC(=O)O)NC(=O)c1nc(NC(=O)OCC2c3ccccc3-c3ccccc32)n[nH]1. The van der Waals surface area contributed by atoms with E-state index in [0.29, 0.717) is 6.42 Å². The van der Waals surface area contributed by atoms with Crippen molar-refractivity contribution in [2.45, 2.75) is 44.6 Å².